The van der Waals surface area contributed by atoms with Gasteiger partial charge in [-0.05, 0) is 11.6 Å². The van der Waals surface area contributed by atoms with Crippen molar-refractivity contribution in [2.45, 2.75) is 19.4 Å². The Morgan fingerprint density at radius 1 is 0.897 bits per heavy atom. The average Bonchev–Trinajstić information content (AvgIpc) is 3.04. The smallest absolute Gasteiger partial charge is 0.256 e. The molecule has 0 radical (unpaired) electrons. The first kappa shape index (κ1) is 20.4. The lowest BCUT2D eigenvalue weighted by atomic mass is 10.1. The number of hydroxylamine groups is 2. The topological polar surface area (TPSA) is 75.7 Å². The largest absolute Gasteiger partial charge is 0.317 e. The summed E-state index contributed by atoms with van der Waals surface area (Å²) in [6, 6.07) is 5.41. The van der Waals surface area contributed by atoms with E-state index in [-0.39, 0.29) is 24.0 Å². The van der Waals surface area contributed by atoms with E-state index in [1.54, 1.807) is 5.32 Å². The van der Waals surface area contributed by atoms with Crippen molar-refractivity contribution in [3.63, 3.8) is 0 Å². The summed E-state index contributed by atoms with van der Waals surface area (Å²) >= 11 is 0. The summed E-state index contributed by atoms with van der Waals surface area (Å²) in [6.45, 7) is -0.432. The summed E-state index contributed by atoms with van der Waals surface area (Å²) in [5, 5.41) is 2.19. The minimum absolute atomic E-state index is 0.0266. The van der Waals surface area contributed by atoms with Crippen molar-refractivity contribution in [1.82, 2.24) is 5.06 Å². The Morgan fingerprint density at radius 3 is 2.00 bits per heavy atom. The number of hydrogen-bond donors (Lipinski definition) is 1. The van der Waals surface area contributed by atoms with E-state index in [0.29, 0.717) is 5.06 Å². The third-order valence-corrected chi connectivity index (χ3v) is 4.07. The molecule has 2 aromatic rings. The fraction of sp³-hybridized carbons (Fsp3) is 0.167. The maximum absolute atomic E-state index is 13.8. The maximum Gasteiger partial charge on any atom is 0.256 e. The molecule has 11 heteroatoms. The Balaban J connectivity index is 1.84. The van der Waals surface area contributed by atoms with Gasteiger partial charge in [-0.2, -0.15) is 5.06 Å². The molecule has 1 heterocycles. The Kier molecular flexibility index (Phi) is 5.59. The number of halogens is 5. The Bertz CT molecular complexity index is 983. The van der Waals surface area contributed by atoms with Crippen molar-refractivity contribution in [3.8, 4) is 0 Å². The number of imide groups is 1. The summed E-state index contributed by atoms with van der Waals surface area (Å²) in [6.07, 6.45) is -0.0531. The van der Waals surface area contributed by atoms with Gasteiger partial charge in [-0.15, -0.1) is 0 Å². The van der Waals surface area contributed by atoms with Gasteiger partial charge in [-0.1, -0.05) is 18.2 Å². The van der Waals surface area contributed by atoms with Gasteiger partial charge in [0.1, 0.15) is 12.3 Å². The predicted octanol–water partition coefficient (Wildman–Crippen LogP) is 3.22. The van der Waals surface area contributed by atoms with E-state index in [9.17, 15) is 36.3 Å². The molecule has 0 unspecified atom stereocenters. The molecule has 2 aromatic carbocycles. The molecule has 0 saturated carbocycles. The van der Waals surface area contributed by atoms with Crippen LogP contribution in [0.2, 0.25) is 0 Å². The molecule has 0 aromatic heterocycles. The zero-order valence-corrected chi connectivity index (χ0v) is 14.4. The van der Waals surface area contributed by atoms with Crippen LogP contribution in [0.5, 0.6) is 0 Å². The van der Waals surface area contributed by atoms with Crippen LogP contribution < -0.4 is 5.32 Å². The standard InChI is InChI=1S/C18H11F5N2O4/c19-12-13(20)15(22)17(16(23)14(12)21)24-18(28)9-4-2-1-3-8(9)7-29-25-10(26)5-6-11(25)27/h1-4H,5-7H2,(H,24,28). The third kappa shape index (κ3) is 3.81. The van der Waals surface area contributed by atoms with Crippen molar-refractivity contribution in [1.29, 1.82) is 0 Å². The zero-order chi connectivity index (χ0) is 21.3. The highest BCUT2D eigenvalue weighted by Crippen LogP contribution is 2.28. The van der Waals surface area contributed by atoms with Crippen LogP contribution in [0.1, 0.15) is 28.8 Å². The molecule has 1 fully saturated rings. The first-order valence-electron chi connectivity index (χ1n) is 8.11. The average molecular weight is 414 g/mol. The van der Waals surface area contributed by atoms with E-state index in [4.69, 9.17) is 4.84 Å². The summed E-state index contributed by atoms with van der Waals surface area (Å²) in [5.74, 6) is -13.5. The van der Waals surface area contributed by atoms with E-state index < -0.39 is 59.1 Å². The predicted molar refractivity (Wildman–Crippen MR) is 86.5 cm³/mol. The van der Waals surface area contributed by atoms with E-state index in [2.05, 4.69) is 0 Å². The summed E-state index contributed by atoms with van der Waals surface area (Å²) < 4.78 is 67.3. The van der Waals surface area contributed by atoms with Crippen molar-refractivity contribution in [3.05, 3.63) is 64.5 Å². The number of carbonyl (C=O) groups excluding carboxylic acids is 3. The van der Waals surface area contributed by atoms with Gasteiger partial charge in [0.05, 0.1) is 0 Å². The lowest BCUT2D eigenvalue weighted by Gasteiger charge is -2.15. The number of anilines is 1. The van der Waals surface area contributed by atoms with Gasteiger partial charge < -0.3 is 5.32 Å². The number of benzene rings is 2. The second-order valence-electron chi connectivity index (χ2n) is 5.91. The summed E-state index contributed by atoms with van der Waals surface area (Å²) in [4.78, 5) is 40.6. The molecule has 1 saturated heterocycles. The van der Waals surface area contributed by atoms with Crippen molar-refractivity contribution < 1.29 is 41.2 Å². The van der Waals surface area contributed by atoms with Crippen LogP contribution in [0.25, 0.3) is 0 Å². The molecule has 6 nitrogen and oxygen atoms in total. The number of hydrogen-bond acceptors (Lipinski definition) is 4. The maximum atomic E-state index is 13.8. The van der Waals surface area contributed by atoms with Crippen LogP contribution in [0.4, 0.5) is 27.6 Å². The van der Waals surface area contributed by atoms with Gasteiger partial charge in [0.25, 0.3) is 17.7 Å². The van der Waals surface area contributed by atoms with Crippen LogP contribution in [0.15, 0.2) is 24.3 Å². The monoisotopic (exact) mass is 414 g/mol. The van der Waals surface area contributed by atoms with Crippen LogP contribution in [0.3, 0.4) is 0 Å². The highest BCUT2D eigenvalue weighted by molar-refractivity contribution is 6.05. The number of carbonyl (C=O) groups is 3. The molecule has 1 aliphatic heterocycles. The van der Waals surface area contributed by atoms with Gasteiger partial charge in [-0.25, -0.2) is 22.0 Å². The highest BCUT2D eigenvalue weighted by atomic mass is 19.2. The minimum atomic E-state index is -2.35. The quantitative estimate of drug-likeness (QED) is 0.353. The van der Waals surface area contributed by atoms with Crippen LogP contribution in [0, 0.1) is 29.1 Å². The van der Waals surface area contributed by atoms with E-state index in [0.717, 1.165) is 0 Å². The lowest BCUT2D eigenvalue weighted by Crippen LogP contribution is -2.29. The third-order valence-electron chi connectivity index (χ3n) is 4.07. The van der Waals surface area contributed by atoms with Gasteiger partial charge in [0, 0.05) is 18.4 Å². The summed E-state index contributed by atoms with van der Waals surface area (Å²) in [5.41, 5.74) is -1.64. The SMILES string of the molecule is O=C(Nc1c(F)c(F)c(F)c(F)c1F)c1ccccc1CON1C(=O)CCC1=O. The van der Waals surface area contributed by atoms with Gasteiger partial charge in [0.15, 0.2) is 23.3 Å². The Morgan fingerprint density at radius 2 is 1.41 bits per heavy atom. The molecule has 1 aliphatic rings. The molecular weight excluding hydrogens is 403 g/mol. The van der Waals surface area contributed by atoms with Crippen molar-refractivity contribution >= 4 is 23.4 Å². The number of amides is 3. The first-order chi connectivity index (χ1) is 13.7. The van der Waals surface area contributed by atoms with Crippen LogP contribution in [-0.4, -0.2) is 22.8 Å². The second-order valence-corrected chi connectivity index (χ2v) is 5.91. The first-order valence-corrected chi connectivity index (χ1v) is 8.11. The van der Waals surface area contributed by atoms with Crippen molar-refractivity contribution in [2.75, 3.05) is 5.32 Å². The molecule has 0 bridgehead atoms. The molecule has 29 heavy (non-hydrogen) atoms. The summed E-state index contributed by atoms with van der Waals surface area (Å²) in [7, 11) is 0. The molecule has 152 valence electrons. The van der Waals surface area contributed by atoms with E-state index in [1.807, 2.05) is 0 Å². The molecule has 0 aliphatic carbocycles. The van der Waals surface area contributed by atoms with E-state index >= 15 is 0 Å². The molecular formula is C18H11F5N2O4. The number of nitrogens with one attached hydrogen (secondary N) is 1. The van der Waals surface area contributed by atoms with Gasteiger partial charge >= 0.3 is 0 Å². The van der Waals surface area contributed by atoms with Gasteiger partial charge in [-0.3, -0.25) is 19.2 Å². The van der Waals surface area contributed by atoms with Crippen LogP contribution >= 0.6 is 0 Å². The zero-order valence-electron chi connectivity index (χ0n) is 14.4. The lowest BCUT2D eigenvalue weighted by molar-refractivity contribution is -0.191. The fourth-order valence-corrected chi connectivity index (χ4v) is 2.60. The molecule has 1 N–H and O–H groups in total. The Hall–Kier alpha value is -3.34. The molecule has 3 amide bonds. The number of nitrogens with zero attached hydrogens (tertiary/aromatic N) is 1. The van der Waals surface area contributed by atoms with Crippen molar-refractivity contribution in [2.24, 2.45) is 0 Å². The number of rotatable bonds is 5. The molecule has 3 rings (SSSR count). The Labute approximate surface area is 159 Å². The molecule has 0 atom stereocenters. The highest BCUT2D eigenvalue weighted by Gasteiger charge is 2.31. The normalized spacial score (nSPS) is 13.9. The second kappa shape index (κ2) is 7.95. The van der Waals surface area contributed by atoms with Crippen LogP contribution in [-0.2, 0) is 21.0 Å². The minimum Gasteiger partial charge on any atom is -0.317 e. The molecule has 0 spiro atoms. The van der Waals surface area contributed by atoms with E-state index in [1.165, 1.54) is 24.3 Å². The van der Waals surface area contributed by atoms with Gasteiger partial charge in [0.2, 0.25) is 5.82 Å². The fourth-order valence-electron chi connectivity index (χ4n) is 2.60.